The van der Waals surface area contributed by atoms with Gasteiger partial charge in [0.05, 0.1) is 0 Å². The maximum Gasteiger partial charge on any atom is 0.410 e. The third-order valence-corrected chi connectivity index (χ3v) is 4.07. The average molecular weight is 254 g/mol. The summed E-state index contributed by atoms with van der Waals surface area (Å²) >= 11 is 0. The number of carbonyl (C=O) groups is 1. The van der Waals surface area contributed by atoms with Crippen LogP contribution in [0, 0.1) is 5.41 Å². The lowest BCUT2D eigenvalue weighted by molar-refractivity contribution is 0.0259. The van der Waals surface area contributed by atoms with E-state index in [1.165, 1.54) is 12.8 Å². The Bertz CT molecular complexity index is 324. The van der Waals surface area contributed by atoms with E-state index in [4.69, 9.17) is 10.5 Å². The average Bonchev–Trinajstić information content (AvgIpc) is 2.59. The zero-order valence-electron chi connectivity index (χ0n) is 11.9. The molecule has 1 saturated heterocycles. The van der Waals surface area contributed by atoms with Crippen LogP contribution in [0.5, 0.6) is 0 Å². The summed E-state index contributed by atoms with van der Waals surface area (Å²) in [7, 11) is 0. The quantitative estimate of drug-likeness (QED) is 0.722. The van der Waals surface area contributed by atoms with Gasteiger partial charge in [-0.1, -0.05) is 6.42 Å². The van der Waals surface area contributed by atoms with E-state index in [0.717, 1.165) is 32.4 Å². The van der Waals surface area contributed by atoms with Gasteiger partial charge in [-0.05, 0) is 51.9 Å². The van der Waals surface area contributed by atoms with Crippen molar-refractivity contribution in [3.05, 3.63) is 0 Å². The first kappa shape index (κ1) is 13.7. The molecule has 2 rings (SSSR count). The number of hydrogen-bond donors (Lipinski definition) is 1. The predicted molar refractivity (Wildman–Crippen MR) is 71.3 cm³/mol. The van der Waals surface area contributed by atoms with Crippen molar-refractivity contribution in [3.63, 3.8) is 0 Å². The molecule has 18 heavy (non-hydrogen) atoms. The van der Waals surface area contributed by atoms with Crippen molar-refractivity contribution in [2.24, 2.45) is 11.1 Å². The summed E-state index contributed by atoms with van der Waals surface area (Å²) in [5, 5.41) is 0. The third-order valence-electron chi connectivity index (χ3n) is 4.07. The minimum Gasteiger partial charge on any atom is -0.444 e. The summed E-state index contributed by atoms with van der Waals surface area (Å²) in [6, 6.07) is 0.317. The zero-order valence-corrected chi connectivity index (χ0v) is 11.9. The Morgan fingerprint density at radius 1 is 1.39 bits per heavy atom. The SMILES string of the molecule is CC(C)(C)OC(=O)N1CC[C@]2(CCC[C@@H](N)C2)C1. The van der Waals surface area contributed by atoms with Gasteiger partial charge in [-0.25, -0.2) is 4.79 Å². The zero-order chi connectivity index (χ0) is 13.4. The van der Waals surface area contributed by atoms with Crippen LogP contribution in [0.15, 0.2) is 0 Å². The first-order valence-corrected chi connectivity index (χ1v) is 7.03. The van der Waals surface area contributed by atoms with Crippen LogP contribution in [0.4, 0.5) is 4.79 Å². The lowest BCUT2D eigenvalue weighted by Crippen LogP contribution is -2.40. The summed E-state index contributed by atoms with van der Waals surface area (Å²) in [5.74, 6) is 0. The van der Waals surface area contributed by atoms with Gasteiger partial charge in [0.2, 0.25) is 0 Å². The van der Waals surface area contributed by atoms with Crippen LogP contribution in [-0.4, -0.2) is 35.7 Å². The highest BCUT2D eigenvalue weighted by molar-refractivity contribution is 5.68. The molecule has 1 saturated carbocycles. The highest BCUT2D eigenvalue weighted by Gasteiger charge is 2.43. The van der Waals surface area contributed by atoms with E-state index in [-0.39, 0.29) is 11.5 Å². The van der Waals surface area contributed by atoms with E-state index < -0.39 is 5.60 Å². The number of hydrogen-bond acceptors (Lipinski definition) is 3. The van der Waals surface area contributed by atoms with Crippen LogP contribution in [0.2, 0.25) is 0 Å². The minimum atomic E-state index is -0.407. The van der Waals surface area contributed by atoms with Gasteiger partial charge in [-0.2, -0.15) is 0 Å². The highest BCUT2D eigenvalue weighted by Crippen LogP contribution is 2.43. The molecule has 0 bridgehead atoms. The molecule has 4 nitrogen and oxygen atoms in total. The molecule has 0 aromatic rings. The fourth-order valence-corrected chi connectivity index (χ4v) is 3.29. The molecule has 104 valence electrons. The molecule has 2 atom stereocenters. The number of nitrogens with two attached hydrogens (primary N) is 1. The number of ether oxygens (including phenoxy) is 1. The molecule has 2 fully saturated rings. The highest BCUT2D eigenvalue weighted by atomic mass is 16.6. The summed E-state index contributed by atoms with van der Waals surface area (Å²) in [4.78, 5) is 13.9. The second-order valence-corrected chi connectivity index (χ2v) is 7.01. The van der Waals surface area contributed by atoms with Gasteiger partial charge in [-0.3, -0.25) is 0 Å². The first-order valence-electron chi connectivity index (χ1n) is 7.03. The molecule has 2 aliphatic rings. The fourth-order valence-electron chi connectivity index (χ4n) is 3.29. The van der Waals surface area contributed by atoms with Crippen LogP contribution in [0.1, 0.15) is 52.9 Å². The molecule has 1 spiro atoms. The number of likely N-dealkylation sites (tertiary alicyclic amines) is 1. The van der Waals surface area contributed by atoms with Crippen molar-refractivity contribution in [3.8, 4) is 0 Å². The Hall–Kier alpha value is -0.770. The van der Waals surface area contributed by atoms with Crippen LogP contribution in [0.25, 0.3) is 0 Å². The molecule has 2 N–H and O–H groups in total. The smallest absolute Gasteiger partial charge is 0.410 e. The van der Waals surface area contributed by atoms with E-state index in [1.54, 1.807) is 0 Å². The molecular formula is C14H26N2O2. The van der Waals surface area contributed by atoms with Gasteiger partial charge < -0.3 is 15.4 Å². The Morgan fingerprint density at radius 2 is 2.11 bits per heavy atom. The van der Waals surface area contributed by atoms with Crippen molar-refractivity contribution in [2.45, 2.75) is 64.5 Å². The monoisotopic (exact) mass is 254 g/mol. The molecule has 1 heterocycles. The van der Waals surface area contributed by atoms with Crippen LogP contribution in [-0.2, 0) is 4.74 Å². The first-order chi connectivity index (χ1) is 8.30. The molecule has 0 unspecified atom stereocenters. The van der Waals surface area contributed by atoms with Crippen LogP contribution in [0.3, 0.4) is 0 Å². The third kappa shape index (κ3) is 3.16. The second-order valence-electron chi connectivity index (χ2n) is 7.01. The van der Waals surface area contributed by atoms with E-state index in [1.807, 2.05) is 25.7 Å². The van der Waals surface area contributed by atoms with Gasteiger partial charge in [0.1, 0.15) is 5.60 Å². The summed E-state index contributed by atoms with van der Waals surface area (Å²) < 4.78 is 5.44. The number of amides is 1. The van der Waals surface area contributed by atoms with Crippen molar-refractivity contribution in [1.29, 1.82) is 0 Å². The Balaban J connectivity index is 1.93. The fraction of sp³-hybridized carbons (Fsp3) is 0.929. The predicted octanol–water partition coefficient (Wildman–Crippen LogP) is 2.51. The maximum absolute atomic E-state index is 12.0. The largest absolute Gasteiger partial charge is 0.444 e. The Kier molecular flexibility index (Phi) is 3.58. The Morgan fingerprint density at radius 3 is 2.72 bits per heavy atom. The summed E-state index contributed by atoms with van der Waals surface area (Å²) in [5.41, 5.74) is 5.94. The second kappa shape index (κ2) is 4.72. The van der Waals surface area contributed by atoms with Crippen molar-refractivity contribution < 1.29 is 9.53 Å². The standard InChI is InChI=1S/C14H26N2O2/c1-13(2,3)18-12(17)16-8-7-14(10-16)6-4-5-11(15)9-14/h11H,4-10,15H2,1-3H3/t11-,14+/m1/s1. The van der Waals surface area contributed by atoms with E-state index in [9.17, 15) is 4.79 Å². The summed E-state index contributed by atoms with van der Waals surface area (Å²) in [6.07, 6.45) is 5.52. The summed E-state index contributed by atoms with van der Waals surface area (Å²) in [6.45, 7) is 7.38. The molecule has 0 radical (unpaired) electrons. The molecule has 4 heteroatoms. The van der Waals surface area contributed by atoms with Gasteiger partial charge in [-0.15, -0.1) is 0 Å². The van der Waals surface area contributed by atoms with E-state index in [0.29, 0.717) is 6.04 Å². The molecular weight excluding hydrogens is 228 g/mol. The lowest BCUT2D eigenvalue weighted by atomic mass is 9.72. The van der Waals surface area contributed by atoms with E-state index >= 15 is 0 Å². The van der Waals surface area contributed by atoms with Crippen molar-refractivity contribution in [1.82, 2.24) is 4.90 Å². The molecule has 0 aromatic carbocycles. The topological polar surface area (TPSA) is 55.6 Å². The lowest BCUT2D eigenvalue weighted by Gasteiger charge is -2.36. The molecule has 1 aliphatic heterocycles. The van der Waals surface area contributed by atoms with Crippen molar-refractivity contribution in [2.75, 3.05) is 13.1 Å². The van der Waals surface area contributed by atoms with Gasteiger partial charge >= 0.3 is 6.09 Å². The van der Waals surface area contributed by atoms with Crippen LogP contribution >= 0.6 is 0 Å². The number of rotatable bonds is 0. The normalized spacial score (nSPS) is 32.9. The Labute approximate surface area is 110 Å². The van der Waals surface area contributed by atoms with Gasteiger partial charge in [0.15, 0.2) is 0 Å². The molecule has 1 aliphatic carbocycles. The molecule has 0 aromatic heterocycles. The van der Waals surface area contributed by atoms with Crippen LogP contribution < -0.4 is 5.73 Å². The van der Waals surface area contributed by atoms with Gasteiger partial charge in [0.25, 0.3) is 0 Å². The van der Waals surface area contributed by atoms with Gasteiger partial charge in [0, 0.05) is 19.1 Å². The minimum absolute atomic E-state index is 0.168. The number of nitrogens with zero attached hydrogens (tertiary/aromatic N) is 1. The number of carbonyl (C=O) groups excluding carboxylic acids is 1. The molecule has 1 amide bonds. The van der Waals surface area contributed by atoms with Crippen molar-refractivity contribution >= 4 is 6.09 Å². The maximum atomic E-state index is 12.0. The van der Waals surface area contributed by atoms with E-state index in [2.05, 4.69) is 0 Å².